The summed E-state index contributed by atoms with van der Waals surface area (Å²) in [5.41, 5.74) is 2.48. The van der Waals surface area contributed by atoms with Crippen molar-refractivity contribution in [3.05, 3.63) is 113 Å². The Morgan fingerprint density at radius 3 is 2.45 bits per heavy atom. The standard InChI is InChI=1S/C31H28F2N2O3/c1-18-27(30(37)35-24-13-12-20(32)15-23(24)33)28(29-25(34-18)16-31(2,3)17-26(29)36)19-8-7-11-22(14-19)38-21-9-5-4-6-10-21/h4-15,28,34H,16-17H2,1-3H3,(H,35,37)/t28-/m1/s1. The molecule has 3 aromatic rings. The van der Waals surface area contributed by atoms with E-state index in [0.29, 0.717) is 47.2 Å². The average molecular weight is 515 g/mol. The van der Waals surface area contributed by atoms with Crippen LogP contribution in [0.3, 0.4) is 0 Å². The Balaban J connectivity index is 1.58. The van der Waals surface area contributed by atoms with Gasteiger partial charge in [-0.2, -0.15) is 0 Å². The van der Waals surface area contributed by atoms with Crippen LogP contribution < -0.4 is 15.4 Å². The summed E-state index contributed by atoms with van der Waals surface area (Å²) in [4.78, 5) is 27.2. The van der Waals surface area contributed by atoms with Crippen molar-refractivity contribution >= 4 is 17.4 Å². The maximum atomic E-state index is 14.4. The number of dihydropyridines is 1. The van der Waals surface area contributed by atoms with E-state index in [0.717, 1.165) is 11.8 Å². The molecule has 0 saturated heterocycles. The monoisotopic (exact) mass is 514 g/mol. The van der Waals surface area contributed by atoms with Crippen LogP contribution in [0.2, 0.25) is 0 Å². The van der Waals surface area contributed by atoms with E-state index in [-0.39, 0.29) is 22.5 Å². The molecule has 7 heteroatoms. The number of halogens is 2. The molecule has 0 aromatic heterocycles. The Morgan fingerprint density at radius 1 is 0.974 bits per heavy atom. The SMILES string of the molecule is CC1=C(C(=O)Nc2ccc(F)cc2F)[C@@H](c2cccc(Oc3ccccc3)c2)C2=C(CC(C)(C)CC2=O)N1. The van der Waals surface area contributed by atoms with Crippen LogP contribution in [0.5, 0.6) is 11.5 Å². The third-order valence-electron chi connectivity index (χ3n) is 6.83. The lowest BCUT2D eigenvalue weighted by Crippen LogP contribution is -2.39. The van der Waals surface area contributed by atoms with Crippen LogP contribution in [0.4, 0.5) is 14.5 Å². The van der Waals surface area contributed by atoms with Crippen LogP contribution in [0.25, 0.3) is 0 Å². The zero-order valence-electron chi connectivity index (χ0n) is 21.4. The lowest BCUT2D eigenvalue weighted by Gasteiger charge is -2.39. The molecule has 5 rings (SSSR count). The van der Waals surface area contributed by atoms with Crippen molar-refractivity contribution in [1.29, 1.82) is 0 Å². The lowest BCUT2D eigenvalue weighted by atomic mass is 9.68. The van der Waals surface area contributed by atoms with E-state index in [4.69, 9.17) is 4.74 Å². The summed E-state index contributed by atoms with van der Waals surface area (Å²) in [5, 5.41) is 5.87. The minimum Gasteiger partial charge on any atom is -0.457 e. The van der Waals surface area contributed by atoms with Gasteiger partial charge in [-0.1, -0.05) is 44.2 Å². The molecule has 0 spiro atoms. The highest BCUT2D eigenvalue weighted by Gasteiger charge is 2.42. The molecule has 1 aliphatic heterocycles. The molecule has 2 aliphatic rings. The highest BCUT2D eigenvalue weighted by molar-refractivity contribution is 6.10. The van der Waals surface area contributed by atoms with Gasteiger partial charge in [0.05, 0.1) is 5.69 Å². The van der Waals surface area contributed by atoms with Crippen molar-refractivity contribution in [3.8, 4) is 11.5 Å². The fourth-order valence-electron chi connectivity index (χ4n) is 5.23. The predicted molar refractivity (Wildman–Crippen MR) is 142 cm³/mol. The van der Waals surface area contributed by atoms with Gasteiger partial charge in [0.2, 0.25) is 0 Å². The fourth-order valence-corrected chi connectivity index (χ4v) is 5.23. The van der Waals surface area contributed by atoms with Crippen LogP contribution in [0.15, 0.2) is 95.3 Å². The normalized spacial score (nSPS) is 18.6. The molecule has 3 aromatic carbocycles. The molecule has 0 bridgehead atoms. The molecule has 0 radical (unpaired) electrons. The number of allylic oxidation sites excluding steroid dienone is 3. The van der Waals surface area contributed by atoms with E-state index in [2.05, 4.69) is 10.6 Å². The largest absolute Gasteiger partial charge is 0.457 e. The Bertz CT molecular complexity index is 1490. The molecule has 5 nitrogen and oxygen atoms in total. The van der Waals surface area contributed by atoms with Crippen molar-refractivity contribution < 1.29 is 23.1 Å². The second kappa shape index (κ2) is 9.89. The summed E-state index contributed by atoms with van der Waals surface area (Å²) in [6.07, 6.45) is 0.981. The third kappa shape index (κ3) is 5.09. The first-order chi connectivity index (χ1) is 18.1. The van der Waals surface area contributed by atoms with Gasteiger partial charge in [0.1, 0.15) is 23.1 Å². The average Bonchev–Trinajstić information content (AvgIpc) is 2.85. The quantitative estimate of drug-likeness (QED) is 0.385. The first-order valence-corrected chi connectivity index (χ1v) is 12.4. The summed E-state index contributed by atoms with van der Waals surface area (Å²) in [7, 11) is 0. The van der Waals surface area contributed by atoms with Crippen LogP contribution in [0, 0.1) is 17.0 Å². The number of benzene rings is 3. The van der Waals surface area contributed by atoms with E-state index < -0.39 is 23.5 Å². The molecule has 2 N–H and O–H groups in total. The summed E-state index contributed by atoms with van der Waals surface area (Å²) in [6.45, 7) is 5.85. The molecule has 194 valence electrons. The van der Waals surface area contributed by atoms with E-state index in [1.54, 1.807) is 6.92 Å². The molecule has 1 atom stereocenters. The molecule has 0 saturated carbocycles. The van der Waals surface area contributed by atoms with Crippen molar-refractivity contribution in [1.82, 2.24) is 5.32 Å². The number of rotatable bonds is 5. The topological polar surface area (TPSA) is 67.4 Å². The Hall–Kier alpha value is -4.26. The number of nitrogens with one attached hydrogen (secondary N) is 2. The smallest absolute Gasteiger partial charge is 0.254 e. The molecule has 0 fully saturated rings. The molecule has 1 amide bonds. The predicted octanol–water partition coefficient (Wildman–Crippen LogP) is 7.00. The summed E-state index contributed by atoms with van der Waals surface area (Å²) < 4.78 is 33.9. The minimum atomic E-state index is -0.884. The number of hydrogen-bond donors (Lipinski definition) is 2. The number of anilines is 1. The van der Waals surface area contributed by atoms with Crippen molar-refractivity contribution in [3.63, 3.8) is 0 Å². The first kappa shape index (κ1) is 25.4. The van der Waals surface area contributed by atoms with Gasteiger partial charge in [-0.15, -0.1) is 0 Å². The number of hydrogen-bond acceptors (Lipinski definition) is 4. The van der Waals surface area contributed by atoms with E-state index in [1.807, 2.05) is 68.4 Å². The van der Waals surface area contributed by atoms with Crippen molar-refractivity contribution in [2.75, 3.05) is 5.32 Å². The van der Waals surface area contributed by atoms with Gasteiger partial charge < -0.3 is 15.4 Å². The third-order valence-corrected chi connectivity index (χ3v) is 6.83. The second-order valence-corrected chi connectivity index (χ2v) is 10.5. The summed E-state index contributed by atoms with van der Waals surface area (Å²) in [5.74, 6) is -1.74. The molecule has 1 heterocycles. The zero-order chi connectivity index (χ0) is 27.0. The van der Waals surface area contributed by atoms with E-state index in [9.17, 15) is 18.4 Å². The van der Waals surface area contributed by atoms with Gasteiger partial charge in [-0.05, 0) is 60.7 Å². The molecular weight excluding hydrogens is 486 g/mol. The number of amides is 1. The highest BCUT2D eigenvalue weighted by atomic mass is 19.1. The number of para-hydroxylation sites is 1. The molecular formula is C31H28F2N2O3. The number of ether oxygens (including phenoxy) is 1. The molecule has 0 unspecified atom stereocenters. The fraction of sp³-hybridized carbons (Fsp3) is 0.226. The Labute approximate surface area is 220 Å². The van der Waals surface area contributed by atoms with Crippen LogP contribution in [0.1, 0.15) is 45.1 Å². The minimum absolute atomic E-state index is 0.0473. The molecule has 38 heavy (non-hydrogen) atoms. The van der Waals surface area contributed by atoms with Gasteiger partial charge in [-0.3, -0.25) is 9.59 Å². The maximum absolute atomic E-state index is 14.4. The van der Waals surface area contributed by atoms with Gasteiger partial charge >= 0.3 is 0 Å². The Kier molecular flexibility index (Phi) is 6.61. The van der Waals surface area contributed by atoms with Crippen LogP contribution in [-0.2, 0) is 9.59 Å². The van der Waals surface area contributed by atoms with Gasteiger partial charge in [0.25, 0.3) is 5.91 Å². The number of carbonyl (C=O) groups excluding carboxylic acids is 2. The summed E-state index contributed by atoms with van der Waals surface area (Å²) in [6, 6.07) is 19.6. The second-order valence-electron chi connectivity index (χ2n) is 10.5. The van der Waals surface area contributed by atoms with Crippen LogP contribution in [-0.4, -0.2) is 11.7 Å². The van der Waals surface area contributed by atoms with Crippen LogP contribution >= 0.6 is 0 Å². The first-order valence-electron chi connectivity index (χ1n) is 12.4. The van der Waals surface area contributed by atoms with E-state index >= 15 is 0 Å². The lowest BCUT2D eigenvalue weighted by molar-refractivity contribution is -0.118. The van der Waals surface area contributed by atoms with Crippen molar-refractivity contribution in [2.24, 2.45) is 5.41 Å². The summed E-state index contributed by atoms with van der Waals surface area (Å²) >= 11 is 0. The van der Waals surface area contributed by atoms with Gasteiger partial charge in [0.15, 0.2) is 5.78 Å². The van der Waals surface area contributed by atoms with E-state index in [1.165, 1.54) is 6.07 Å². The highest BCUT2D eigenvalue weighted by Crippen LogP contribution is 2.47. The van der Waals surface area contributed by atoms with Gasteiger partial charge in [0, 0.05) is 40.9 Å². The van der Waals surface area contributed by atoms with Crippen molar-refractivity contribution in [2.45, 2.75) is 39.5 Å². The number of ketones is 1. The maximum Gasteiger partial charge on any atom is 0.254 e. The number of carbonyl (C=O) groups is 2. The zero-order valence-corrected chi connectivity index (χ0v) is 21.4. The molecule has 1 aliphatic carbocycles. The Morgan fingerprint density at radius 2 is 1.71 bits per heavy atom. The number of Topliss-reactive ketones (excluding diaryl/α,β-unsaturated/α-hetero) is 1. The van der Waals surface area contributed by atoms with Gasteiger partial charge in [-0.25, -0.2) is 8.78 Å².